The number of halogens is 2. The third-order valence-corrected chi connectivity index (χ3v) is 4.47. The molecule has 4 heteroatoms. The van der Waals surface area contributed by atoms with E-state index in [2.05, 4.69) is 45.7 Å². The highest BCUT2D eigenvalue weighted by Crippen LogP contribution is 2.39. The fourth-order valence-electron chi connectivity index (χ4n) is 1.30. The lowest BCUT2D eigenvalue weighted by Crippen LogP contribution is -2.47. The molecule has 0 fully saturated rings. The van der Waals surface area contributed by atoms with E-state index >= 15 is 0 Å². The average Bonchev–Trinajstić information content (AvgIpc) is 2.08. The number of nitrogens with two attached hydrogens (primary N) is 2. The van der Waals surface area contributed by atoms with Crippen LogP contribution in [0.15, 0.2) is 20.7 Å². The van der Waals surface area contributed by atoms with Crippen LogP contribution in [0.25, 0.3) is 0 Å². The monoisotopic (exact) mass is 308 g/mol. The Hall–Kier alpha value is 0.200. The van der Waals surface area contributed by atoms with Crippen molar-refractivity contribution in [2.24, 2.45) is 17.4 Å². The molecular weight excluding hydrogens is 296 g/mol. The Kier molecular flexibility index (Phi) is 3.25. The van der Waals surface area contributed by atoms with Gasteiger partial charge in [-0.1, -0.05) is 35.9 Å². The second-order valence-corrected chi connectivity index (χ2v) is 5.33. The van der Waals surface area contributed by atoms with Crippen LogP contribution < -0.4 is 11.5 Å². The van der Waals surface area contributed by atoms with Gasteiger partial charge in [0, 0.05) is 8.96 Å². The molecule has 0 saturated heterocycles. The molecule has 0 amide bonds. The van der Waals surface area contributed by atoms with Gasteiger partial charge in [-0.15, -0.1) is 0 Å². The van der Waals surface area contributed by atoms with Gasteiger partial charge >= 0.3 is 0 Å². The molecule has 4 N–H and O–H groups in total. The average molecular weight is 310 g/mol. The van der Waals surface area contributed by atoms with E-state index in [0.29, 0.717) is 11.6 Å². The summed E-state index contributed by atoms with van der Waals surface area (Å²) in [5, 5.41) is 0. The Morgan fingerprint density at radius 2 is 2.00 bits per heavy atom. The molecule has 1 aliphatic rings. The topological polar surface area (TPSA) is 52.0 Å². The highest BCUT2D eigenvalue weighted by Gasteiger charge is 2.35. The first-order chi connectivity index (χ1) is 5.89. The van der Waals surface area contributed by atoms with Crippen LogP contribution in [0.3, 0.4) is 0 Å². The first-order valence-corrected chi connectivity index (χ1v) is 5.79. The lowest BCUT2D eigenvalue weighted by Gasteiger charge is -2.36. The molecule has 0 aromatic heterocycles. The van der Waals surface area contributed by atoms with Crippen LogP contribution >= 0.6 is 31.9 Å². The van der Waals surface area contributed by atoms with Crippen molar-refractivity contribution >= 4 is 31.9 Å². The van der Waals surface area contributed by atoms with Crippen LogP contribution in [-0.2, 0) is 0 Å². The minimum Gasteiger partial charge on any atom is -0.397 e. The summed E-state index contributed by atoms with van der Waals surface area (Å²) in [5.41, 5.74) is 12.5. The fourth-order valence-corrected chi connectivity index (χ4v) is 2.76. The first-order valence-electron chi connectivity index (χ1n) is 4.20. The van der Waals surface area contributed by atoms with Gasteiger partial charge in [-0.3, -0.25) is 0 Å². The van der Waals surface area contributed by atoms with Crippen molar-refractivity contribution in [3.8, 4) is 0 Å². The summed E-state index contributed by atoms with van der Waals surface area (Å²) in [5.74, 6) is 0.359. The maximum absolute atomic E-state index is 6.25. The lowest BCUT2D eigenvalue weighted by molar-refractivity contribution is 0.378. The van der Waals surface area contributed by atoms with Gasteiger partial charge in [-0.05, 0) is 28.3 Å². The quantitative estimate of drug-likeness (QED) is 0.782. The summed E-state index contributed by atoms with van der Waals surface area (Å²) in [6, 6.07) is 0. The summed E-state index contributed by atoms with van der Waals surface area (Å²) < 4.78 is 1.84. The molecule has 13 heavy (non-hydrogen) atoms. The molecule has 0 spiro atoms. The molecule has 0 bridgehead atoms. The summed E-state index contributed by atoms with van der Waals surface area (Å²) in [6.45, 7) is 4.20. The van der Waals surface area contributed by atoms with Gasteiger partial charge in [0.25, 0.3) is 0 Å². The number of allylic oxidation sites excluding steroid dienone is 1. The summed E-state index contributed by atoms with van der Waals surface area (Å²) >= 11 is 6.86. The Labute approximate surface area is 95.7 Å². The molecule has 1 aliphatic carbocycles. The highest BCUT2D eigenvalue weighted by atomic mass is 79.9. The third-order valence-electron chi connectivity index (χ3n) is 2.55. The van der Waals surface area contributed by atoms with Gasteiger partial charge in [0.15, 0.2) is 0 Å². The van der Waals surface area contributed by atoms with Gasteiger partial charge in [-0.25, -0.2) is 0 Å². The molecule has 0 aromatic rings. The Morgan fingerprint density at radius 1 is 1.46 bits per heavy atom. The second kappa shape index (κ2) is 3.75. The second-order valence-electron chi connectivity index (χ2n) is 3.68. The highest BCUT2D eigenvalue weighted by molar-refractivity contribution is 9.12. The molecular formula is C9H14Br2N2. The third kappa shape index (κ3) is 1.85. The van der Waals surface area contributed by atoms with E-state index in [4.69, 9.17) is 11.5 Å². The van der Waals surface area contributed by atoms with Crippen molar-refractivity contribution < 1.29 is 0 Å². The predicted octanol–water partition coefficient (Wildman–Crippen LogP) is 2.59. The molecule has 0 aromatic carbocycles. The Bertz CT molecular complexity index is 281. The van der Waals surface area contributed by atoms with Gasteiger partial charge < -0.3 is 11.5 Å². The Morgan fingerprint density at radius 3 is 2.46 bits per heavy atom. The number of hydrogen-bond acceptors (Lipinski definition) is 2. The Balaban J connectivity index is 3.11. The van der Waals surface area contributed by atoms with Crippen molar-refractivity contribution in [2.75, 3.05) is 0 Å². The molecule has 0 saturated carbocycles. The fraction of sp³-hybridized carbons (Fsp3) is 0.556. The van der Waals surface area contributed by atoms with E-state index in [1.165, 1.54) is 0 Å². The minimum atomic E-state index is -0.346. The summed E-state index contributed by atoms with van der Waals surface area (Å²) in [4.78, 5) is 0. The maximum atomic E-state index is 6.25. The molecule has 2 nitrogen and oxygen atoms in total. The standard InChI is InChI=1S/C9H14Br2N2/c1-5(2)9(13)4-3-6(10)7(12)8(9)11/h3,5H,4,12-13H2,1-2H3. The zero-order valence-corrected chi connectivity index (χ0v) is 10.9. The molecule has 1 atom stereocenters. The molecule has 0 aliphatic heterocycles. The molecule has 0 heterocycles. The normalized spacial score (nSPS) is 29.5. The number of hydrogen-bond donors (Lipinski definition) is 2. The van der Waals surface area contributed by atoms with Crippen molar-refractivity contribution in [3.05, 3.63) is 20.7 Å². The van der Waals surface area contributed by atoms with Gasteiger partial charge in [0.1, 0.15) is 0 Å². The largest absolute Gasteiger partial charge is 0.397 e. The smallest absolute Gasteiger partial charge is 0.0577 e. The summed E-state index contributed by atoms with van der Waals surface area (Å²) in [6.07, 6.45) is 2.84. The van der Waals surface area contributed by atoms with E-state index in [9.17, 15) is 0 Å². The van der Waals surface area contributed by atoms with Crippen molar-refractivity contribution in [1.29, 1.82) is 0 Å². The van der Waals surface area contributed by atoms with Crippen molar-refractivity contribution in [3.63, 3.8) is 0 Å². The van der Waals surface area contributed by atoms with E-state index in [-0.39, 0.29) is 5.54 Å². The van der Waals surface area contributed by atoms with E-state index in [0.717, 1.165) is 15.4 Å². The van der Waals surface area contributed by atoms with Crippen molar-refractivity contribution in [2.45, 2.75) is 25.8 Å². The van der Waals surface area contributed by atoms with Crippen LogP contribution in [0.5, 0.6) is 0 Å². The molecule has 1 unspecified atom stereocenters. The van der Waals surface area contributed by atoms with E-state index in [1.807, 2.05) is 6.08 Å². The van der Waals surface area contributed by atoms with Crippen LogP contribution in [0.2, 0.25) is 0 Å². The van der Waals surface area contributed by atoms with Crippen LogP contribution in [-0.4, -0.2) is 5.54 Å². The SMILES string of the molecule is CC(C)C1(N)CC=C(Br)C(N)=C1Br. The number of rotatable bonds is 1. The van der Waals surface area contributed by atoms with E-state index < -0.39 is 0 Å². The lowest BCUT2D eigenvalue weighted by atomic mass is 9.81. The van der Waals surface area contributed by atoms with E-state index in [1.54, 1.807) is 0 Å². The van der Waals surface area contributed by atoms with Crippen molar-refractivity contribution in [1.82, 2.24) is 0 Å². The zero-order valence-electron chi connectivity index (χ0n) is 7.77. The first kappa shape index (κ1) is 11.3. The maximum Gasteiger partial charge on any atom is 0.0577 e. The predicted molar refractivity (Wildman–Crippen MR) is 63.5 cm³/mol. The molecule has 0 radical (unpaired) electrons. The van der Waals surface area contributed by atoms with Gasteiger partial charge in [-0.2, -0.15) is 0 Å². The van der Waals surface area contributed by atoms with Gasteiger partial charge in [0.05, 0.1) is 11.2 Å². The molecule has 74 valence electrons. The van der Waals surface area contributed by atoms with Gasteiger partial charge in [0.2, 0.25) is 0 Å². The van der Waals surface area contributed by atoms with Crippen LogP contribution in [0.1, 0.15) is 20.3 Å². The zero-order chi connectivity index (χ0) is 10.2. The molecule has 1 rings (SSSR count). The van der Waals surface area contributed by atoms with Crippen LogP contribution in [0, 0.1) is 5.92 Å². The summed E-state index contributed by atoms with van der Waals surface area (Å²) in [7, 11) is 0. The minimum absolute atomic E-state index is 0.346. The van der Waals surface area contributed by atoms with Crippen LogP contribution in [0.4, 0.5) is 0 Å².